The third-order valence-electron chi connectivity index (χ3n) is 2.85. The molecule has 1 aromatic carbocycles. The Hall–Kier alpha value is -2.57. The van der Waals surface area contributed by atoms with E-state index in [0.29, 0.717) is 23.7 Å². The quantitative estimate of drug-likeness (QED) is 0.818. The fourth-order valence-electron chi connectivity index (χ4n) is 1.68. The number of ether oxygens (including phenoxy) is 1. The molecular formula is C14H11F3N2O2. The van der Waals surface area contributed by atoms with Crippen molar-refractivity contribution in [2.45, 2.75) is 0 Å². The molecule has 0 radical (unpaired) electrons. The number of carbonyl (C=O) groups is 1. The maximum absolute atomic E-state index is 13.2. The van der Waals surface area contributed by atoms with E-state index in [0.717, 1.165) is 4.90 Å². The highest BCUT2D eigenvalue weighted by Gasteiger charge is 2.19. The zero-order chi connectivity index (χ0) is 15.6. The first kappa shape index (κ1) is 14.8. The minimum atomic E-state index is -1.61. The SMILES string of the molecule is COc1ccc(N(C)C(=O)c2cc(F)c(F)c(F)c2)cn1. The number of benzene rings is 1. The average Bonchev–Trinajstić information content (AvgIpc) is 2.50. The summed E-state index contributed by atoms with van der Waals surface area (Å²) >= 11 is 0. The maximum atomic E-state index is 13.2. The van der Waals surface area contributed by atoms with Crippen molar-refractivity contribution in [1.29, 1.82) is 0 Å². The zero-order valence-corrected chi connectivity index (χ0v) is 11.2. The molecule has 1 amide bonds. The summed E-state index contributed by atoms with van der Waals surface area (Å²) in [4.78, 5) is 17.2. The third-order valence-corrected chi connectivity index (χ3v) is 2.85. The lowest BCUT2D eigenvalue weighted by atomic mass is 10.1. The molecule has 1 aromatic heterocycles. The molecule has 0 bridgehead atoms. The topological polar surface area (TPSA) is 42.4 Å². The third kappa shape index (κ3) is 2.96. The summed E-state index contributed by atoms with van der Waals surface area (Å²) in [5.41, 5.74) is 0.0932. The van der Waals surface area contributed by atoms with Crippen molar-refractivity contribution in [2.75, 3.05) is 19.1 Å². The molecule has 21 heavy (non-hydrogen) atoms. The fraction of sp³-hybridized carbons (Fsp3) is 0.143. The number of halogens is 3. The van der Waals surface area contributed by atoms with E-state index in [-0.39, 0.29) is 5.56 Å². The molecule has 110 valence electrons. The van der Waals surface area contributed by atoms with Gasteiger partial charge in [-0.05, 0) is 18.2 Å². The Morgan fingerprint density at radius 1 is 1.19 bits per heavy atom. The number of amides is 1. The Labute approximate surface area is 118 Å². The summed E-state index contributed by atoms with van der Waals surface area (Å²) in [5, 5.41) is 0. The highest BCUT2D eigenvalue weighted by molar-refractivity contribution is 6.05. The van der Waals surface area contributed by atoms with E-state index >= 15 is 0 Å². The van der Waals surface area contributed by atoms with Crippen molar-refractivity contribution in [3.8, 4) is 5.88 Å². The molecule has 1 heterocycles. The van der Waals surface area contributed by atoms with Crippen LogP contribution in [0, 0.1) is 17.5 Å². The Morgan fingerprint density at radius 3 is 2.29 bits per heavy atom. The van der Waals surface area contributed by atoms with Crippen LogP contribution < -0.4 is 9.64 Å². The molecule has 0 aliphatic rings. The van der Waals surface area contributed by atoms with Crippen molar-refractivity contribution in [2.24, 2.45) is 0 Å². The largest absolute Gasteiger partial charge is 0.481 e. The molecule has 0 spiro atoms. The second-order valence-corrected chi connectivity index (χ2v) is 4.18. The van der Waals surface area contributed by atoms with Gasteiger partial charge in [-0.1, -0.05) is 0 Å². The standard InChI is InChI=1S/C14H11F3N2O2/c1-19(9-3-4-12(21-2)18-7-9)14(20)8-5-10(15)13(17)11(16)6-8/h3-7H,1-2H3. The van der Waals surface area contributed by atoms with Gasteiger partial charge >= 0.3 is 0 Å². The van der Waals surface area contributed by atoms with Gasteiger partial charge in [-0.15, -0.1) is 0 Å². The van der Waals surface area contributed by atoms with Gasteiger partial charge in [0, 0.05) is 18.7 Å². The van der Waals surface area contributed by atoms with E-state index in [9.17, 15) is 18.0 Å². The molecule has 0 saturated carbocycles. The fourth-order valence-corrected chi connectivity index (χ4v) is 1.68. The van der Waals surface area contributed by atoms with Gasteiger partial charge in [-0.25, -0.2) is 18.2 Å². The predicted octanol–water partition coefficient (Wildman–Crippen LogP) is 2.78. The number of aromatic nitrogens is 1. The second-order valence-electron chi connectivity index (χ2n) is 4.18. The summed E-state index contributed by atoms with van der Waals surface area (Å²) in [5.74, 6) is -4.78. The van der Waals surface area contributed by atoms with Crippen LogP contribution in [0.15, 0.2) is 30.5 Å². The van der Waals surface area contributed by atoms with Crippen LogP contribution in [0.25, 0.3) is 0 Å². The van der Waals surface area contributed by atoms with Crippen LogP contribution in [0.5, 0.6) is 5.88 Å². The molecule has 0 unspecified atom stereocenters. The average molecular weight is 296 g/mol. The second kappa shape index (κ2) is 5.82. The van der Waals surface area contributed by atoms with E-state index in [1.807, 2.05) is 0 Å². The molecule has 0 saturated heterocycles. The van der Waals surface area contributed by atoms with E-state index in [1.165, 1.54) is 26.4 Å². The molecule has 0 atom stereocenters. The van der Waals surface area contributed by atoms with Crippen LogP contribution in [-0.4, -0.2) is 25.0 Å². The van der Waals surface area contributed by atoms with Crippen LogP contribution in [0.1, 0.15) is 10.4 Å². The van der Waals surface area contributed by atoms with Crippen molar-refractivity contribution < 1.29 is 22.7 Å². The van der Waals surface area contributed by atoms with Gasteiger partial charge in [0.1, 0.15) is 0 Å². The van der Waals surface area contributed by atoms with Crippen LogP contribution in [0.3, 0.4) is 0 Å². The van der Waals surface area contributed by atoms with Gasteiger partial charge in [0.05, 0.1) is 19.0 Å². The van der Waals surface area contributed by atoms with E-state index in [1.54, 1.807) is 6.07 Å². The summed E-state index contributed by atoms with van der Waals surface area (Å²) in [7, 11) is 2.85. The highest BCUT2D eigenvalue weighted by Crippen LogP contribution is 2.19. The summed E-state index contributed by atoms with van der Waals surface area (Å²) in [6, 6.07) is 4.38. The molecule has 2 rings (SSSR count). The number of hydrogen-bond donors (Lipinski definition) is 0. The number of rotatable bonds is 3. The maximum Gasteiger partial charge on any atom is 0.258 e. The first-order valence-electron chi connectivity index (χ1n) is 5.86. The number of nitrogens with zero attached hydrogens (tertiary/aromatic N) is 2. The molecule has 7 heteroatoms. The Bertz CT molecular complexity index is 651. The van der Waals surface area contributed by atoms with Crippen molar-refractivity contribution in [3.05, 3.63) is 53.5 Å². The summed E-state index contributed by atoms with van der Waals surface area (Å²) in [6.07, 6.45) is 1.37. The summed E-state index contributed by atoms with van der Waals surface area (Å²) in [6.45, 7) is 0. The molecule has 0 N–H and O–H groups in total. The summed E-state index contributed by atoms with van der Waals surface area (Å²) < 4.78 is 44.1. The Morgan fingerprint density at radius 2 is 1.81 bits per heavy atom. The lowest BCUT2D eigenvalue weighted by Gasteiger charge is -2.17. The minimum absolute atomic E-state index is 0.301. The van der Waals surface area contributed by atoms with Gasteiger partial charge in [0.15, 0.2) is 17.5 Å². The van der Waals surface area contributed by atoms with Crippen LogP contribution >= 0.6 is 0 Å². The van der Waals surface area contributed by atoms with Gasteiger partial charge in [-0.3, -0.25) is 4.79 Å². The Balaban J connectivity index is 2.30. The van der Waals surface area contributed by atoms with Gasteiger partial charge in [0.25, 0.3) is 5.91 Å². The molecular weight excluding hydrogens is 285 g/mol. The van der Waals surface area contributed by atoms with Crippen LogP contribution in [0.4, 0.5) is 18.9 Å². The van der Waals surface area contributed by atoms with E-state index < -0.39 is 23.4 Å². The number of carbonyl (C=O) groups excluding carboxylic acids is 1. The smallest absolute Gasteiger partial charge is 0.258 e. The first-order valence-corrected chi connectivity index (χ1v) is 5.86. The molecule has 0 aliphatic carbocycles. The highest BCUT2D eigenvalue weighted by atomic mass is 19.2. The number of hydrogen-bond acceptors (Lipinski definition) is 3. The van der Waals surface area contributed by atoms with Gasteiger partial charge in [-0.2, -0.15) is 0 Å². The minimum Gasteiger partial charge on any atom is -0.481 e. The van der Waals surface area contributed by atoms with Crippen LogP contribution in [-0.2, 0) is 0 Å². The predicted molar refractivity (Wildman–Crippen MR) is 69.8 cm³/mol. The lowest BCUT2D eigenvalue weighted by Crippen LogP contribution is -2.26. The number of pyridine rings is 1. The Kier molecular flexibility index (Phi) is 4.11. The van der Waals surface area contributed by atoms with Gasteiger partial charge < -0.3 is 9.64 Å². The van der Waals surface area contributed by atoms with Crippen molar-refractivity contribution in [3.63, 3.8) is 0 Å². The van der Waals surface area contributed by atoms with E-state index in [4.69, 9.17) is 4.74 Å². The molecule has 0 aliphatic heterocycles. The molecule has 4 nitrogen and oxygen atoms in total. The van der Waals surface area contributed by atoms with Crippen molar-refractivity contribution >= 4 is 11.6 Å². The number of methoxy groups -OCH3 is 1. The van der Waals surface area contributed by atoms with E-state index in [2.05, 4.69) is 4.98 Å². The van der Waals surface area contributed by atoms with Crippen LogP contribution in [0.2, 0.25) is 0 Å². The normalized spacial score (nSPS) is 10.3. The monoisotopic (exact) mass is 296 g/mol. The van der Waals surface area contributed by atoms with Gasteiger partial charge in [0.2, 0.25) is 5.88 Å². The number of anilines is 1. The molecule has 0 fully saturated rings. The lowest BCUT2D eigenvalue weighted by molar-refractivity contribution is 0.0991. The first-order chi connectivity index (χ1) is 9.93. The van der Waals surface area contributed by atoms with Crippen molar-refractivity contribution in [1.82, 2.24) is 4.98 Å². The molecule has 2 aromatic rings. The zero-order valence-electron chi connectivity index (χ0n) is 11.2.